The van der Waals surface area contributed by atoms with Crippen molar-refractivity contribution in [1.82, 2.24) is 20.9 Å². The molecule has 1 aromatic rings. The predicted octanol–water partition coefficient (Wildman–Crippen LogP) is 3.65. The molecule has 0 saturated carbocycles. The number of amides is 1. The zero-order valence-corrected chi connectivity index (χ0v) is 21.4. The minimum absolute atomic E-state index is 0. The highest BCUT2D eigenvalue weighted by Gasteiger charge is 2.14. The molecule has 1 heterocycles. The fourth-order valence-electron chi connectivity index (χ4n) is 3.53. The third-order valence-electron chi connectivity index (χ3n) is 4.89. The number of nitrogens with one attached hydrogen (secondary N) is 3. The molecule has 7 heteroatoms. The van der Waals surface area contributed by atoms with Crippen molar-refractivity contribution < 1.29 is 4.79 Å². The zero-order valence-electron chi connectivity index (χ0n) is 19.1. The lowest BCUT2D eigenvalue weighted by Crippen LogP contribution is -2.48. The van der Waals surface area contributed by atoms with Gasteiger partial charge in [0.25, 0.3) is 0 Å². The number of benzene rings is 1. The molecule has 1 aromatic carbocycles. The van der Waals surface area contributed by atoms with Gasteiger partial charge in [0, 0.05) is 18.6 Å². The number of nitrogens with zero attached hydrogens (tertiary/aromatic N) is 2. The van der Waals surface area contributed by atoms with E-state index in [0.717, 1.165) is 13.1 Å². The van der Waals surface area contributed by atoms with E-state index in [1.54, 1.807) is 0 Å². The Kier molecular flexibility index (Phi) is 12.3. The summed E-state index contributed by atoms with van der Waals surface area (Å²) in [7, 11) is 0. The van der Waals surface area contributed by atoms with Gasteiger partial charge in [-0.05, 0) is 64.8 Å². The Morgan fingerprint density at radius 2 is 1.67 bits per heavy atom. The van der Waals surface area contributed by atoms with Crippen molar-refractivity contribution >= 4 is 35.8 Å². The van der Waals surface area contributed by atoms with Crippen LogP contribution in [0.2, 0.25) is 0 Å². The molecule has 1 aliphatic heterocycles. The number of halogens is 1. The predicted molar refractivity (Wildman–Crippen MR) is 136 cm³/mol. The van der Waals surface area contributed by atoms with E-state index in [1.807, 2.05) is 27.7 Å². The summed E-state index contributed by atoms with van der Waals surface area (Å²) in [5, 5.41) is 9.33. The Morgan fingerprint density at radius 3 is 2.27 bits per heavy atom. The highest BCUT2D eigenvalue weighted by atomic mass is 127. The standard InChI is InChI=1S/C23H39N5O.HI/c1-5-24-22(26-17-21(29)27-23(2,3)4)25-16-19-12-8-9-13-20(19)18-28-14-10-6-7-11-15-28;/h8-9,12-13H,5-7,10-11,14-18H2,1-4H3,(H,27,29)(H2,24,25,26);1H. The SMILES string of the molecule is CCNC(=NCc1ccccc1CN1CCCCCC1)NCC(=O)NC(C)(C)C.I. The molecule has 1 saturated heterocycles. The van der Waals surface area contributed by atoms with Crippen LogP contribution in [0.5, 0.6) is 0 Å². The molecule has 0 aliphatic carbocycles. The van der Waals surface area contributed by atoms with Crippen molar-refractivity contribution in [2.45, 2.75) is 72.0 Å². The molecule has 0 aromatic heterocycles. The minimum atomic E-state index is -0.236. The molecular weight excluding hydrogens is 489 g/mol. The molecule has 1 fully saturated rings. The van der Waals surface area contributed by atoms with E-state index in [4.69, 9.17) is 4.99 Å². The van der Waals surface area contributed by atoms with E-state index in [-0.39, 0.29) is 42.0 Å². The van der Waals surface area contributed by atoms with Crippen molar-refractivity contribution in [1.29, 1.82) is 0 Å². The first-order valence-corrected chi connectivity index (χ1v) is 11.0. The van der Waals surface area contributed by atoms with Gasteiger partial charge < -0.3 is 16.0 Å². The van der Waals surface area contributed by atoms with E-state index in [1.165, 1.54) is 49.9 Å². The van der Waals surface area contributed by atoms with E-state index < -0.39 is 0 Å². The summed E-state index contributed by atoms with van der Waals surface area (Å²) in [4.78, 5) is 19.4. The largest absolute Gasteiger partial charge is 0.357 e. The molecule has 2 rings (SSSR count). The second-order valence-electron chi connectivity index (χ2n) is 8.81. The zero-order chi connectivity index (χ0) is 21.1. The van der Waals surface area contributed by atoms with E-state index >= 15 is 0 Å². The highest BCUT2D eigenvalue weighted by Crippen LogP contribution is 2.16. The molecular formula is C23H40IN5O. The van der Waals surface area contributed by atoms with Crippen LogP contribution in [0.1, 0.15) is 64.5 Å². The quantitative estimate of drug-likeness (QED) is 0.287. The number of hydrogen-bond donors (Lipinski definition) is 3. The lowest BCUT2D eigenvalue weighted by molar-refractivity contribution is -0.121. The summed E-state index contributed by atoms with van der Waals surface area (Å²) < 4.78 is 0. The highest BCUT2D eigenvalue weighted by molar-refractivity contribution is 14.0. The Hall–Kier alpha value is -1.35. The number of carbonyl (C=O) groups excluding carboxylic acids is 1. The molecule has 0 bridgehead atoms. The summed E-state index contributed by atoms with van der Waals surface area (Å²) >= 11 is 0. The van der Waals surface area contributed by atoms with Crippen LogP contribution in [0, 0.1) is 0 Å². The number of rotatable bonds is 7. The third kappa shape index (κ3) is 10.6. The summed E-state index contributed by atoms with van der Waals surface area (Å²) in [6.07, 6.45) is 5.29. The molecule has 1 amide bonds. The van der Waals surface area contributed by atoms with Crippen LogP contribution in [0.3, 0.4) is 0 Å². The number of hydrogen-bond acceptors (Lipinski definition) is 3. The molecule has 0 atom stereocenters. The van der Waals surface area contributed by atoms with E-state index in [0.29, 0.717) is 12.5 Å². The second kappa shape index (κ2) is 13.9. The van der Waals surface area contributed by atoms with Gasteiger partial charge in [-0.1, -0.05) is 37.1 Å². The van der Waals surface area contributed by atoms with Gasteiger partial charge in [-0.15, -0.1) is 24.0 Å². The molecule has 0 radical (unpaired) electrons. The van der Waals surface area contributed by atoms with Crippen LogP contribution in [0.15, 0.2) is 29.3 Å². The van der Waals surface area contributed by atoms with Gasteiger partial charge in [-0.2, -0.15) is 0 Å². The Morgan fingerprint density at radius 1 is 1.03 bits per heavy atom. The van der Waals surface area contributed by atoms with Gasteiger partial charge in [-0.3, -0.25) is 9.69 Å². The summed E-state index contributed by atoms with van der Waals surface area (Å²) in [5.74, 6) is 0.630. The Bertz CT molecular complexity index is 664. The van der Waals surface area contributed by atoms with E-state index in [2.05, 4.69) is 45.1 Å². The van der Waals surface area contributed by atoms with Crippen molar-refractivity contribution in [3.63, 3.8) is 0 Å². The molecule has 170 valence electrons. The molecule has 0 spiro atoms. The average Bonchev–Trinajstić information content (AvgIpc) is 2.92. The maximum absolute atomic E-state index is 12.1. The van der Waals surface area contributed by atoms with Crippen LogP contribution >= 0.6 is 24.0 Å². The number of aliphatic imine (C=N–C) groups is 1. The first-order chi connectivity index (χ1) is 13.9. The average molecular weight is 530 g/mol. The first kappa shape index (κ1) is 26.7. The van der Waals surface area contributed by atoms with Crippen LogP contribution < -0.4 is 16.0 Å². The van der Waals surface area contributed by atoms with E-state index in [9.17, 15) is 4.79 Å². The number of guanidine groups is 1. The van der Waals surface area contributed by atoms with Gasteiger partial charge in [0.15, 0.2) is 5.96 Å². The monoisotopic (exact) mass is 529 g/mol. The fourth-order valence-corrected chi connectivity index (χ4v) is 3.53. The van der Waals surface area contributed by atoms with Crippen LogP contribution in [0.25, 0.3) is 0 Å². The Labute approximate surface area is 199 Å². The number of likely N-dealkylation sites (tertiary alicyclic amines) is 1. The fraction of sp³-hybridized carbons (Fsp3) is 0.652. The summed E-state index contributed by atoms with van der Waals surface area (Å²) in [6, 6.07) is 8.56. The summed E-state index contributed by atoms with van der Waals surface area (Å²) in [5.41, 5.74) is 2.35. The summed E-state index contributed by atoms with van der Waals surface area (Å²) in [6.45, 7) is 12.9. The van der Waals surface area contributed by atoms with Gasteiger partial charge in [0.2, 0.25) is 5.91 Å². The van der Waals surface area contributed by atoms with Crippen LogP contribution in [-0.2, 0) is 17.9 Å². The van der Waals surface area contributed by atoms with Crippen LogP contribution in [0.4, 0.5) is 0 Å². The molecule has 3 N–H and O–H groups in total. The second-order valence-corrected chi connectivity index (χ2v) is 8.81. The van der Waals surface area contributed by atoms with Crippen molar-refractivity contribution in [3.8, 4) is 0 Å². The van der Waals surface area contributed by atoms with Crippen molar-refractivity contribution in [2.75, 3.05) is 26.2 Å². The maximum atomic E-state index is 12.1. The molecule has 1 aliphatic rings. The van der Waals surface area contributed by atoms with Crippen molar-refractivity contribution in [2.24, 2.45) is 4.99 Å². The van der Waals surface area contributed by atoms with Gasteiger partial charge >= 0.3 is 0 Å². The number of carbonyl (C=O) groups is 1. The first-order valence-electron chi connectivity index (χ1n) is 11.0. The molecule has 6 nitrogen and oxygen atoms in total. The normalized spacial score (nSPS) is 15.7. The Balaban J connectivity index is 0.00000450. The minimum Gasteiger partial charge on any atom is -0.357 e. The van der Waals surface area contributed by atoms with Gasteiger partial charge in [0.1, 0.15) is 0 Å². The lowest BCUT2D eigenvalue weighted by Gasteiger charge is -2.22. The smallest absolute Gasteiger partial charge is 0.239 e. The topological polar surface area (TPSA) is 68.8 Å². The van der Waals surface area contributed by atoms with Gasteiger partial charge in [-0.25, -0.2) is 4.99 Å². The maximum Gasteiger partial charge on any atom is 0.239 e. The lowest BCUT2D eigenvalue weighted by atomic mass is 10.1. The van der Waals surface area contributed by atoms with Gasteiger partial charge in [0.05, 0.1) is 13.1 Å². The molecule has 30 heavy (non-hydrogen) atoms. The van der Waals surface area contributed by atoms with Crippen LogP contribution in [-0.4, -0.2) is 48.5 Å². The molecule has 0 unspecified atom stereocenters. The third-order valence-corrected chi connectivity index (χ3v) is 4.89. The van der Waals surface area contributed by atoms with Crippen molar-refractivity contribution in [3.05, 3.63) is 35.4 Å².